The average Bonchev–Trinajstić information content (AvgIpc) is 2.77. The monoisotopic (exact) mass is 293 g/mol. The Labute approximate surface area is 123 Å². The number of carbonyl (C=O) groups excluding carboxylic acids is 1. The second kappa shape index (κ2) is 6.03. The van der Waals surface area contributed by atoms with Crippen molar-refractivity contribution in [2.75, 3.05) is 7.11 Å². The maximum absolute atomic E-state index is 12.0. The molecule has 1 heterocycles. The van der Waals surface area contributed by atoms with E-state index in [4.69, 9.17) is 9.47 Å². The van der Waals surface area contributed by atoms with E-state index in [2.05, 4.69) is 0 Å². The van der Waals surface area contributed by atoms with Crippen molar-refractivity contribution in [1.82, 2.24) is 4.90 Å². The molecule has 0 saturated carbocycles. The van der Waals surface area contributed by atoms with Gasteiger partial charge in [-0.1, -0.05) is 32.0 Å². The smallest absolute Gasteiger partial charge is 0.411 e. The molecule has 0 spiro atoms. The summed E-state index contributed by atoms with van der Waals surface area (Å²) in [5.41, 5.74) is 0.743. The van der Waals surface area contributed by atoms with E-state index in [1.54, 1.807) is 12.1 Å². The van der Waals surface area contributed by atoms with Gasteiger partial charge in [0.15, 0.2) is 6.04 Å². The molecule has 2 atom stereocenters. The number of amides is 1. The van der Waals surface area contributed by atoms with Gasteiger partial charge in [0.1, 0.15) is 11.9 Å². The lowest BCUT2D eigenvalue weighted by atomic mass is 9.99. The minimum absolute atomic E-state index is 0.0716. The van der Waals surface area contributed by atoms with E-state index in [9.17, 15) is 14.7 Å². The summed E-state index contributed by atoms with van der Waals surface area (Å²) >= 11 is 0. The fourth-order valence-electron chi connectivity index (χ4n) is 2.49. The zero-order valence-corrected chi connectivity index (χ0v) is 12.3. The van der Waals surface area contributed by atoms with Gasteiger partial charge in [-0.15, -0.1) is 0 Å². The van der Waals surface area contributed by atoms with Crippen LogP contribution in [-0.2, 0) is 16.1 Å². The lowest BCUT2D eigenvalue weighted by Gasteiger charge is -2.23. The summed E-state index contributed by atoms with van der Waals surface area (Å²) in [7, 11) is 1.53. The van der Waals surface area contributed by atoms with E-state index in [-0.39, 0.29) is 12.5 Å². The molecule has 6 nitrogen and oxygen atoms in total. The van der Waals surface area contributed by atoms with E-state index in [1.807, 2.05) is 26.0 Å². The first-order chi connectivity index (χ1) is 9.95. The van der Waals surface area contributed by atoms with Crippen molar-refractivity contribution in [1.29, 1.82) is 0 Å². The van der Waals surface area contributed by atoms with E-state index in [0.717, 1.165) is 5.56 Å². The number of carboxylic acids is 1. The minimum atomic E-state index is -1.06. The lowest BCUT2D eigenvalue weighted by Crippen LogP contribution is -2.44. The molecule has 1 aliphatic heterocycles. The first-order valence-corrected chi connectivity index (χ1v) is 6.77. The van der Waals surface area contributed by atoms with Gasteiger partial charge in [-0.2, -0.15) is 0 Å². The number of rotatable bonds is 5. The third-order valence-electron chi connectivity index (χ3n) is 3.56. The normalized spacial score (nSPS) is 21.5. The first kappa shape index (κ1) is 15.2. The fraction of sp³-hybridized carbons (Fsp3) is 0.467. The Balaban J connectivity index is 2.29. The number of aliphatic carboxylic acids is 1. The van der Waals surface area contributed by atoms with Crippen LogP contribution >= 0.6 is 0 Å². The summed E-state index contributed by atoms with van der Waals surface area (Å²) in [5, 5.41) is 9.42. The molecule has 0 radical (unpaired) electrons. The molecule has 0 aliphatic carbocycles. The van der Waals surface area contributed by atoms with Gasteiger partial charge in [0, 0.05) is 5.56 Å². The summed E-state index contributed by atoms with van der Waals surface area (Å²) in [4.78, 5) is 24.8. The molecule has 6 heteroatoms. The third kappa shape index (κ3) is 2.94. The Morgan fingerprint density at radius 1 is 1.43 bits per heavy atom. The highest BCUT2D eigenvalue weighted by molar-refractivity contribution is 5.84. The van der Waals surface area contributed by atoms with Crippen LogP contribution in [0.4, 0.5) is 4.79 Å². The van der Waals surface area contributed by atoms with Gasteiger partial charge in [0.25, 0.3) is 0 Å². The van der Waals surface area contributed by atoms with Crippen LogP contribution in [-0.4, -0.2) is 41.3 Å². The summed E-state index contributed by atoms with van der Waals surface area (Å²) in [5.74, 6) is -0.519. The summed E-state index contributed by atoms with van der Waals surface area (Å²) in [6.07, 6.45) is -1.25. The molecule has 1 amide bonds. The highest BCUT2D eigenvalue weighted by Gasteiger charge is 2.47. The number of para-hydroxylation sites is 1. The van der Waals surface area contributed by atoms with Gasteiger partial charge in [0.05, 0.1) is 13.7 Å². The number of carbonyl (C=O) groups is 2. The van der Waals surface area contributed by atoms with Gasteiger partial charge in [-0.25, -0.2) is 9.59 Å². The summed E-state index contributed by atoms with van der Waals surface area (Å²) in [6.45, 7) is 3.81. The van der Waals surface area contributed by atoms with Crippen molar-refractivity contribution in [2.24, 2.45) is 5.92 Å². The third-order valence-corrected chi connectivity index (χ3v) is 3.56. The van der Waals surface area contributed by atoms with Crippen LogP contribution in [0.25, 0.3) is 0 Å². The standard InChI is InChI=1S/C15H19NO5/c1-9(2)13-12(14(17)18)16(15(19)21-13)8-10-6-4-5-7-11(10)20-3/h4-7,9,12-13H,8H2,1-3H3,(H,17,18)/t12-,13+/m1/s1. The molecule has 2 rings (SSSR count). The van der Waals surface area contributed by atoms with Crippen molar-refractivity contribution in [2.45, 2.75) is 32.5 Å². The number of carboxylic acid groups (broad SMARTS) is 1. The number of hydrogen-bond acceptors (Lipinski definition) is 4. The Morgan fingerprint density at radius 3 is 2.67 bits per heavy atom. The Morgan fingerprint density at radius 2 is 2.10 bits per heavy atom. The topological polar surface area (TPSA) is 76.1 Å². The van der Waals surface area contributed by atoms with Gasteiger partial charge in [-0.3, -0.25) is 4.90 Å². The molecule has 114 valence electrons. The van der Waals surface area contributed by atoms with Crippen molar-refractivity contribution >= 4 is 12.1 Å². The first-order valence-electron chi connectivity index (χ1n) is 6.77. The molecule has 21 heavy (non-hydrogen) atoms. The number of cyclic esters (lactones) is 1. The molecule has 1 aromatic rings. The molecule has 1 saturated heterocycles. The van der Waals surface area contributed by atoms with E-state index in [0.29, 0.717) is 5.75 Å². The number of ether oxygens (including phenoxy) is 2. The van der Waals surface area contributed by atoms with Crippen LogP contribution in [0.3, 0.4) is 0 Å². The molecule has 1 aliphatic rings. The van der Waals surface area contributed by atoms with Crippen molar-refractivity contribution in [3.05, 3.63) is 29.8 Å². The fourth-order valence-corrected chi connectivity index (χ4v) is 2.49. The van der Waals surface area contributed by atoms with Gasteiger partial charge in [0.2, 0.25) is 0 Å². The largest absolute Gasteiger partial charge is 0.496 e. The zero-order valence-electron chi connectivity index (χ0n) is 12.3. The maximum atomic E-state index is 12.0. The highest BCUT2D eigenvalue weighted by Crippen LogP contribution is 2.29. The van der Waals surface area contributed by atoms with Crippen LogP contribution in [0, 0.1) is 5.92 Å². The highest BCUT2D eigenvalue weighted by atomic mass is 16.6. The van der Waals surface area contributed by atoms with E-state index in [1.165, 1.54) is 12.0 Å². The molecule has 1 aromatic carbocycles. The second-order valence-electron chi connectivity index (χ2n) is 5.32. The summed E-state index contributed by atoms with van der Waals surface area (Å²) < 4.78 is 10.5. The van der Waals surface area contributed by atoms with Crippen LogP contribution < -0.4 is 4.74 Å². The molecule has 0 unspecified atom stereocenters. The average molecular weight is 293 g/mol. The number of methoxy groups -OCH3 is 1. The van der Waals surface area contributed by atoms with Gasteiger partial charge in [-0.05, 0) is 12.0 Å². The van der Waals surface area contributed by atoms with Crippen molar-refractivity contribution in [3.8, 4) is 5.75 Å². The predicted octanol–water partition coefficient (Wildman–Crippen LogP) is 2.13. The van der Waals surface area contributed by atoms with Crippen LogP contribution in [0.15, 0.2) is 24.3 Å². The second-order valence-corrected chi connectivity index (χ2v) is 5.32. The quantitative estimate of drug-likeness (QED) is 0.900. The molecular weight excluding hydrogens is 274 g/mol. The Bertz CT molecular complexity index is 543. The number of hydrogen-bond donors (Lipinski definition) is 1. The number of nitrogens with zero attached hydrogens (tertiary/aromatic N) is 1. The van der Waals surface area contributed by atoms with Crippen molar-refractivity contribution < 1.29 is 24.2 Å². The van der Waals surface area contributed by atoms with Crippen molar-refractivity contribution in [3.63, 3.8) is 0 Å². The van der Waals surface area contributed by atoms with Crippen LogP contribution in [0.1, 0.15) is 19.4 Å². The lowest BCUT2D eigenvalue weighted by molar-refractivity contribution is -0.143. The van der Waals surface area contributed by atoms with Gasteiger partial charge >= 0.3 is 12.1 Å². The molecule has 1 fully saturated rings. The maximum Gasteiger partial charge on any atom is 0.411 e. The van der Waals surface area contributed by atoms with E-state index >= 15 is 0 Å². The zero-order chi connectivity index (χ0) is 15.6. The SMILES string of the molecule is COc1ccccc1CN1C(=O)O[C@@H](C(C)C)[C@@H]1C(=O)O. The van der Waals surface area contributed by atoms with Crippen LogP contribution in [0.5, 0.6) is 5.75 Å². The Hall–Kier alpha value is -2.24. The predicted molar refractivity (Wildman–Crippen MR) is 75.1 cm³/mol. The Kier molecular flexibility index (Phi) is 4.35. The van der Waals surface area contributed by atoms with Crippen LogP contribution in [0.2, 0.25) is 0 Å². The minimum Gasteiger partial charge on any atom is -0.496 e. The molecular formula is C15H19NO5. The summed E-state index contributed by atoms with van der Waals surface area (Å²) in [6, 6.07) is 6.22. The van der Waals surface area contributed by atoms with Gasteiger partial charge < -0.3 is 14.6 Å². The molecule has 0 aromatic heterocycles. The molecule has 1 N–H and O–H groups in total. The number of benzene rings is 1. The molecule has 0 bridgehead atoms. The van der Waals surface area contributed by atoms with E-state index < -0.39 is 24.2 Å².